The molecule has 2 aromatic rings. The molecule has 0 saturated heterocycles. The number of hydrogen-bond acceptors (Lipinski definition) is 4. The number of hydrogen-bond donors (Lipinski definition) is 1. The molecule has 0 atom stereocenters. The number of anilines is 1. The van der Waals surface area contributed by atoms with Gasteiger partial charge in [-0.2, -0.15) is 4.31 Å². The first-order valence-electron chi connectivity index (χ1n) is 6.73. The van der Waals surface area contributed by atoms with Crippen LogP contribution in [0.3, 0.4) is 0 Å². The molecule has 0 aliphatic carbocycles. The number of nitrogens with zero attached hydrogens (tertiary/aromatic N) is 1. The third kappa shape index (κ3) is 3.46. The maximum absolute atomic E-state index is 12.7. The third-order valence-corrected chi connectivity index (χ3v) is 5.21. The maximum atomic E-state index is 12.7. The summed E-state index contributed by atoms with van der Waals surface area (Å²) < 4.78 is 32.4. The van der Waals surface area contributed by atoms with Gasteiger partial charge in [-0.25, -0.2) is 8.42 Å². The first-order chi connectivity index (χ1) is 9.80. The van der Waals surface area contributed by atoms with Crippen molar-refractivity contribution in [2.75, 3.05) is 5.73 Å². The first-order valence-corrected chi connectivity index (χ1v) is 8.17. The van der Waals surface area contributed by atoms with Crippen LogP contribution in [-0.4, -0.2) is 18.8 Å². The molecule has 0 fully saturated rings. The van der Waals surface area contributed by atoms with Gasteiger partial charge >= 0.3 is 0 Å². The number of nitrogens with two attached hydrogens (primary N) is 1. The SMILES string of the molecule is Cc1ccc(CN(C(C)C)S(=O)(=O)c2ccc(N)cc2)o1. The summed E-state index contributed by atoms with van der Waals surface area (Å²) in [6.45, 7) is 5.71. The van der Waals surface area contributed by atoms with Gasteiger partial charge in [0.25, 0.3) is 0 Å². The van der Waals surface area contributed by atoms with E-state index >= 15 is 0 Å². The molecule has 1 aromatic heterocycles. The van der Waals surface area contributed by atoms with Crippen LogP contribution in [0.15, 0.2) is 45.7 Å². The molecule has 6 heteroatoms. The Morgan fingerprint density at radius 3 is 2.24 bits per heavy atom. The fourth-order valence-corrected chi connectivity index (χ4v) is 3.65. The van der Waals surface area contributed by atoms with Crippen molar-refractivity contribution in [3.05, 3.63) is 47.9 Å². The minimum Gasteiger partial charge on any atom is -0.465 e. The van der Waals surface area contributed by atoms with Crippen LogP contribution in [-0.2, 0) is 16.6 Å². The maximum Gasteiger partial charge on any atom is 0.243 e. The van der Waals surface area contributed by atoms with Gasteiger partial charge in [0.15, 0.2) is 0 Å². The van der Waals surface area contributed by atoms with Gasteiger partial charge in [-0.3, -0.25) is 0 Å². The Morgan fingerprint density at radius 1 is 1.14 bits per heavy atom. The largest absolute Gasteiger partial charge is 0.465 e. The van der Waals surface area contributed by atoms with Gasteiger partial charge in [-0.15, -0.1) is 0 Å². The van der Waals surface area contributed by atoms with E-state index in [-0.39, 0.29) is 17.5 Å². The summed E-state index contributed by atoms with van der Waals surface area (Å²) >= 11 is 0. The Bertz CT molecular complexity index is 703. The molecule has 2 rings (SSSR count). The zero-order valence-corrected chi connectivity index (χ0v) is 13.2. The summed E-state index contributed by atoms with van der Waals surface area (Å²) in [5.74, 6) is 1.39. The highest BCUT2D eigenvalue weighted by Gasteiger charge is 2.27. The van der Waals surface area contributed by atoms with E-state index in [2.05, 4.69) is 0 Å². The first kappa shape index (κ1) is 15.6. The fourth-order valence-electron chi connectivity index (χ4n) is 2.04. The lowest BCUT2D eigenvalue weighted by Crippen LogP contribution is -2.36. The summed E-state index contributed by atoms with van der Waals surface area (Å²) in [6, 6.07) is 9.65. The number of rotatable bonds is 5. The quantitative estimate of drug-likeness (QED) is 0.862. The molecule has 1 heterocycles. The van der Waals surface area contributed by atoms with Gasteiger partial charge in [-0.05, 0) is 57.2 Å². The monoisotopic (exact) mass is 308 g/mol. The van der Waals surface area contributed by atoms with Gasteiger partial charge in [0.05, 0.1) is 11.4 Å². The Labute approximate surface area is 125 Å². The molecule has 0 bridgehead atoms. The van der Waals surface area contributed by atoms with Crippen molar-refractivity contribution >= 4 is 15.7 Å². The van der Waals surface area contributed by atoms with Crippen LogP contribution in [0.4, 0.5) is 5.69 Å². The average Bonchev–Trinajstić information content (AvgIpc) is 2.81. The standard InChI is InChI=1S/C15H20N2O3S/c1-11(2)17(10-14-7-4-12(3)20-14)21(18,19)15-8-5-13(16)6-9-15/h4-9,11H,10,16H2,1-3H3. The minimum absolute atomic E-state index is 0.182. The Balaban J connectivity index is 2.34. The molecule has 1 aromatic carbocycles. The molecule has 21 heavy (non-hydrogen) atoms. The van der Waals surface area contributed by atoms with Gasteiger partial charge < -0.3 is 10.2 Å². The lowest BCUT2D eigenvalue weighted by atomic mass is 10.3. The van der Waals surface area contributed by atoms with Gasteiger partial charge in [0.2, 0.25) is 10.0 Å². The molecular weight excluding hydrogens is 288 g/mol. The van der Waals surface area contributed by atoms with E-state index in [4.69, 9.17) is 10.2 Å². The van der Waals surface area contributed by atoms with Crippen molar-refractivity contribution in [3.8, 4) is 0 Å². The second-order valence-corrected chi connectivity index (χ2v) is 7.12. The Morgan fingerprint density at radius 2 is 1.76 bits per heavy atom. The van der Waals surface area contributed by atoms with E-state index in [0.29, 0.717) is 11.4 Å². The topological polar surface area (TPSA) is 76.5 Å². The van der Waals surface area contributed by atoms with E-state index in [1.54, 1.807) is 18.2 Å². The summed E-state index contributed by atoms with van der Waals surface area (Å²) in [5.41, 5.74) is 6.14. The molecule has 0 aliphatic heterocycles. The molecule has 5 nitrogen and oxygen atoms in total. The van der Waals surface area contributed by atoms with Crippen molar-refractivity contribution in [2.45, 2.75) is 38.3 Å². The number of nitrogen functional groups attached to an aromatic ring is 1. The van der Waals surface area contributed by atoms with Crippen LogP contribution >= 0.6 is 0 Å². The predicted molar refractivity (Wildman–Crippen MR) is 82.2 cm³/mol. The van der Waals surface area contributed by atoms with E-state index in [9.17, 15) is 8.42 Å². The normalized spacial score (nSPS) is 12.2. The summed E-state index contributed by atoms with van der Waals surface area (Å²) in [6.07, 6.45) is 0. The molecule has 2 N–H and O–H groups in total. The van der Waals surface area contributed by atoms with Crippen molar-refractivity contribution in [1.82, 2.24) is 4.31 Å². The number of furan rings is 1. The van der Waals surface area contributed by atoms with Crippen LogP contribution in [0.25, 0.3) is 0 Å². The van der Waals surface area contributed by atoms with Gasteiger partial charge in [0, 0.05) is 11.7 Å². The molecule has 114 valence electrons. The lowest BCUT2D eigenvalue weighted by molar-refractivity contribution is 0.314. The van der Waals surface area contributed by atoms with Crippen LogP contribution in [0.2, 0.25) is 0 Å². The summed E-state index contributed by atoms with van der Waals surface area (Å²) in [4.78, 5) is 0.230. The minimum atomic E-state index is -3.59. The predicted octanol–water partition coefficient (Wildman–Crippen LogP) is 2.77. The lowest BCUT2D eigenvalue weighted by Gasteiger charge is -2.25. The second-order valence-electron chi connectivity index (χ2n) is 5.23. The molecule has 0 unspecified atom stereocenters. The fraction of sp³-hybridized carbons (Fsp3) is 0.333. The van der Waals surface area contributed by atoms with Crippen molar-refractivity contribution < 1.29 is 12.8 Å². The van der Waals surface area contributed by atoms with E-state index in [1.165, 1.54) is 16.4 Å². The molecule has 0 radical (unpaired) electrons. The zero-order chi connectivity index (χ0) is 15.6. The highest BCUT2D eigenvalue weighted by atomic mass is 32.2. The van der Waals surface area contributed by atoms with Crippen molar-refractivity contribution in [1.29, 1.82) is 0 Å². The van der Waals surface area contributed by atoms with Gasteiger partial charge in [0.1, 0.15) is 11.5 Å². The van der Waals surface area contributed by atoms with Crippen molar-refractivity contribution in [3.63, 3.8) is 0 Å². The zero-order valence-electron chi connectivity index (χ0n) is 12.4. The summed E-state index contributed by atoms with van der Waals surface area (Å²) in [5, 5.41) is 0. The highest BCUT2D eigenvalue weighted by molar-refractivity contribution is 7.89. The molecule has 0 aliphatic rings. The number of aryl methyl sites for hydroxylation is 1. The summed E-state index contributed by atoms with van der Waals surface area (Å²) in [7, 11) is -3.59. The molecular formula is C15H20N2O3S. The number of benzene rings is 1. The average molecular weight is 308 g/mol. The van der Waals surface area contributed by atoms with Crippen molar-refractivity contribution in [2.24, 2.45) is 0 Å². The van der Waals surface area contributed by atoms with Crippen LogP contribution < -0.4 is 5.73 Å². The van der Waals surface area contributed by atoms with Crippen LogP contribution in [0, 0.1) is 6.92 Å². The Kier molecular flexibility index (Phi) is 4.39. The van der Waals surface area contributed by atoms with E-state index in [0.717, 1.165) is 5.76 Å². The molecule has 0 saturated carbocycles. The number of sulfonamides is 1. The van der Waals surface area contributed by atoms with E-state index < -0.39 is 10.0 Å². The van der Waals surface area contributed by atoms with Crippen LogP contribution in [0.5, 0.6) is 0 Å². The molecule has 0 spiro atoms. The van der Waals surface area contributed by atoms with Crippen LogP contribution in [0.1, 0.15) is 25.4 Å². The van der Waals surface area contributed by atoms with Gasteiger partial charge in [-0.1, -0.05) is 0 Å². The molecule has 0 amide bonds. The third-order valence-electron chi connectivity index (χ3n) is 3.17. The smallest absolute Gasteiger partial charge is 0.243 e. The van der Waals surface area contributed by atoms with E-state index in [1.807, 2.05) is 26.8 Å². The second kappa shape index (κ2) is 5.91. The Hall–Kier alpha value is -1.79. The highest BCUT2D eigenvalue weighted by Crippen LogP contribution is 2.22.